The molecule has 1 aromatic rings. The summed E-state index contributed by atoms with van der Waals surface area (Å²) >= 11 is 2.89. The first kappa shape index (κ1) is 18.1. The molecule has 1 aliphatic carbocycles. The van der Waals surface area contributed by atoms with Crippen molar-refractivity contribution in [3.63, 3.8) is 0 Å². The number of benzene rings is 1. The van der Waals surface area contributed by atoms with Gasteiger partial charge in [0.2, 0.25) is 10.0 Å². The van der Waals surface area contributed by atoms with Gasteiger partial charge in [0.1, 0.15) is 16.5 Å². The SMILES string of the molecule is Cl.NC1CCC2CN(S(=O)(=O)c3cc(Br)c(F)cc3F)CC12. The Bertz CT molecular complexity index is 689. The Hall–Kier alpha value is -0.280. The molecule has 1 saturated carbocycles. The van der Waals surface area contributed by atoms with Crippen LogP contribution in [0, 0.1) is 23.5 Å². The van der Waals surface area contributed by atoms with E-state index in [0.717, 1.165) is 18.9 Å². The van der Waals surface area contributed by atoms with Gasteiger partial charge in [-0.25, -0.2) is 17.2 Å². The van der Waals surface area contributed by atoms with Crippen LogP contribution in [0.4, 0.5) is 8.78 Å². The smallest absolute Gasteiger partial charge is 0.246 e. The average molecular weight is 418 g/mol. The Labute approximate surface area is 142 Å². The third-order valence-corrected chi connectivity index (χ3v) is 6.93. The number of nitrogens with two attached hydrogens (primary N) is 1. The molecule has 0 spiro atoms. The van der Waals surface area contributed by atoms with E-state index in [4.69, 9.17) is 5.73 Å². The second kappa shape index (κ2) is 6.32. The van der Waals surface area contributed by atoms with Crippen LogP contribution in [-0.4, -0.2) is 31.9 Å². The van der Waals surface area contributed by atoms with Crippen molar-refractivity contribution in [2.45, 2.75) is 23.8 Å². The fraction of sp³-hybridized carbons (Fsp3) is 0.538. The standard InChI is InChI=1S/C13H15BrF2N2O2S.ClH/c14-9-3-13(11(16)4-10(9)15)21(19,20)18-5-7-1-2-12(17)8(7)6-18;/h3-4,7-8,12H,1-2,5-6,17H2;1H. The molecule has 0 radical (unpaired) electrons. The normalized spacial score (nSPS) is 28.5. The summed E-state index contributed by atoms with van der Waals surface area (Å²) in [6.07, 6.45) is 1.80. The van der Waals surface area contributed by atoms with Crippen LogP contribution in [-0.2, 0) is 10.0 Å². The molecule has 1 aromatic carbocycles. The molecular formula is C13H16BrClF2N2O2S. The highest BCUT2D eigenvalue weighted by Crippen LogP contribution is 2.39. The molecule has 0 aromatic heterocycles. The zero-order valence-corrected chi connectivity index (χ0v) is 14.7. The quantitative estimate of drug-likeness (QED) is 0.752. The van der Waals surface area contributed by atoms with Crippen LogP contribution in [0.2, 0.25) is 0 Å². The van der Waals surface area contributed by atoms with Crippen LogP contribution >= 0.6 is 28.3 Å². The van der Waals surface area contributed by atoms with Gasteiger partial charge in [-0.1, -0.05) is 0 Å². The van der Waals surface area contributed by atoms with Crippen LogP contribution in [0.3, 0.4) is 0 Å². The maximum Gasteiger partial charge on any atom is 0.246 e. The topological polar surface area (TPSA) is 63.4 Å². The number of nitrogens with zero attached hydrogens (tertiary/aromatic N) is 1. The lowest BCUT2D eigenvalue weighted by molar-refractivity contribution is 0.423. The van der Waals surface area contributed by atoms with Gasteiger partial charge >= 0.3 is 0 Å². The molecule has 2 aliphatic rings. The second-order valence-corrected chi connectivity index (χ2v) is 8.44. The summed E-state index contributed by atoms with van der Waals surface area (Å²) in [5.41, 5.74) is 5.99. The van der Waals surface area contributed by atoms with Gasteiger partial charge in [0, 0.05) is 25.2 Å². The minimum atomic E-state index is -3.97. The molecule has 22 heavy (non-hydrogen) atoms. The Morgan fingerprint density at radius 3 is 2.50 bits per heavy atom. The summed E-state index contributed by atoms with van der Waals surface area (Å²) in [4.78, 5) is -0.496. The molecule has 0 amide bonds. The number of hydrogen-bond acceptors (Lipinski definition) is 3. The Morgan fingerprint density at radius 2 is 1.86 bits per heavy atom. The highest BCUT2D eigenvalue weighted by atomic mass is 79.9. The fourth-order valence-electron chi connectivity index (χ4n) is 3.30. The fourth-order valence-corrected chi connectivity index (χ4v) is 5.41. The number of halogens is 4. The third kappa shape index (κ3) is 2.91. The Balaban J connectivity index is 0.00000176. The molecule has 1 saturated heterocycles. The molecule has 4 nitrogen and oxygen atoms in total. The Morgan fingerprint density at radius 1 is 1.18 bits per heavy atom. The Kier molecular flexibility index (Phi) is 5.19. The van der Waals surface area contributed by atoms with Crippen LogP contribution in [0.1, 0.15) is 12.8 Å². The van der Waals surface area contributed by atoms with Gasteiger partial charge in [0.25, 0.3) is 0 Å². The summed E-state index contributed by atoms with van der Waals surface area (Å²) in [5, 5.41) is 0. The van der Waals surface area contributed by atoms with Crippen molar-refractivity contribution in [3.05, 3.63) is 28.2 Å². The van der Waals surface area contributed by atoms with Crippen molar-refractivity contribution in [1.82, 2.24) is 4.31 Å². The van der Waals surface area contributed by atoms with Crippen LogP contribution in [0.15, 0.2) is 21.5 Å². The monoisotopic (exact) mass is 416 g/mol. The van der Waals surface area contributed by atoms with E-state index in [2.05, 4.69) is 15.9 Å². The summed E-state index contributed by atoms with van der Waals surface area (Å²) in [5.74, 6) is -1.53. The minimum absolute atomic E-state index is 0. The van der Waals surface area contributed by atoms with E-state index in [1.807, 2.05) is 0 Å². The maximum absolute atomic E-state index is 13.9. The first-order chi connectivity index (χ1) is 9.80. The van der Waals surface area contributed by atoms with Gasteiger partial charge < -0.3 is 5.73 Å². The van der Waals surface area contributed by atoms with E-state index in [0.29, 0.717) is 19.2 Å². The van der Waals surface area contributed by atoms with Gasteiger partial charge in [0.05, 0.1) is 4.47 Å². The third-order valence-electron chi connectivity index (χ3n) is 4.47. The highest BCUT2D eigenvalue weighted by molar-refractivity contribution is 9.10. The van der Waals surface area contributed by atoms with E-state index in [9.17, 15) is 17.2 Å². The predicted molar refractivity (Wildman–Crippen MR) is 84.3 cm³/mol. The van der Waals surface area contributed by atoms with Gasteiger partial charge in [-0.2, -0.15) is 4.31 Å². The molecular weight excluding hydrogens is 402 g/mol. The van der Waals surface area contributed by atoms with Gasteiger partial charge in [-0.15, -0.1) is 12.4 Å². The largest absolute Gasteiger partial charge is 0.327 e. The molecule has 2 N–H and O–H groups in total. The molecule has 1 aliphatic heterocycles. The summed E-state index contributed by atoms with van der Waals surface area (Å²) in [6.45, 7) is 0.664. The molecule has 3 rings (SSSR count). The lowest BCUT2D eigenvalue weighted by Gasteiger charge is -2.19. The average Bonchev–Trinajstić information content (AvgIpc) is 2.97. The zero-order chi connectivity index (χ0) is 15.4. The molecule has 124 valence electrons. The van der Waals surface area contributed by atoms with Crippen LogP contribution in [0.5, 0.6) is 0 Å². The molecule has 3 atom stereocenters. The lowest BCUT2D eigenvalue weighted by Crippen LogP contribution is -2.34. The van der Waals surface area contributed by atoms with Crippen molar-refractivity contribution >= 4 is 38.4 Å². The molecule has 1 heterocycles. The van der Waals surface area contributed by atoms with Crippen molar-refractivity contribution < 1.29 is 17.2 Å². The number of sulfonamides is 1. The van der Waals surface area contributed by atoms with Gasteiger partial charge in [-0.3, -0.25) is 0 Å². The van der Waals surface area contributed by atoms with Crippen molar-refractivity contribution in [3.8, 4) is 0 Å². The van der Waals surface area contributed by atoms with E-state index >= 15 is 0 Å². The molecule has 9 heteroatoms. The number of hydrogen-bond donors (Lipinski definition) is 1. The lowest BCUT2D eigenvalue weighted by atomic mass is 9.98. The van der Waals surface area contributed by atoms with Gasteiger partial charge in [0.15, 0.2) is 0 Å². The number of rotatable bonds is 2. The zero-order valence-electron chi connectivity index (χ0n) is 11.5. The molecule has 3 unspecified atom stereocenters. The summed E-state index contributed by atoms with van der Waals surface area (Å²) < 4.78 is 53.4. The predicted octanol–water partition coefficient (Wildman–Crippen LogP) is 2.51. The van der Waals surface area contributed by atoms with Gasteiger partial charge in [-0.05, 0) is 46.7 Å². The molecule has 2 fully saturated rings. The van der Waals surface area contributed by atoms with E-state index in [1.54, 1.807) is 0 Å². The van der Waals surface area contributed by atoms with Crippen molar-refractivity contribution in [2.24, 2.45) is 17.6 Å². The molecule has 0 bridgehead atoms. The summed E-state index contributed by atoms with van der Waals surface area (Å²) in [6, 6.07) is 1.56. The van der Waals surface area contributed by atoms with Crippen molar-refractivity contribution in [1.29, 1.82) is 0 Å². The second-order valence-electron chi connectivity index (χ2n) is 5.68. The van der Waals surface area contributed by atoms with E-state index in [-0.39, 0.29) is 34.8 Å². The van der Waals surface area contributed by atoms with Crippen LogP contribution in [0.25, 0.3) is 0 Å². The van der Waals surface area contributed by atoms with E-state index in [1.165, 1.54) is 4.31 Å². The maximum atomic E-state index is 13.9. The first-order valence-corrected chi connectivity index (χ1v) is 8.94. The number of fused-ring (bicyclic) bond motifs is 1. The van der Waals surface area contributed by atoms with Crippen molar-refractivity contribution in [2.75, 3.05) is 13.1 Å². The van der Waals surface area contributed by atoms with E-state index < -0.39 is 26.6 Å². The van der Waals surface area contributed by atoms with Crippen LogP contribution < -0.4 is 5.73 Å². The highest BCUT2D eigenvalue weighted by Gasteiger charge is 2.45. The minimum Gasteiger partial charge on any atom is -0.327 e. The first-order valence-electron chi connectivity index (χ1n) is 6.71. The summed E-state index contributed by atoms with van der Waals surface area (Å²) in [7, 11) is -3.97.